The minimum Gasteiger partial charge on any atom is -0.480 e. The highest BCUT2D eigenvalue weighted by molar-refractivity contribution is 7.99. The Labute approximate surface area is 127 Å². The topological polar surface area (TPSA) is 66.4 Å². The molecule has 0 bridgehead atoms. The summed E-state index contributed by atoms with van der Waals surface area (Å²) in [6.07, 6.45) is 1.46. The number of carbonyl (C=O) groups excluding carboxylic acids is 1. The molecule has 0 aliphatic carbocycles. The van der Waals surface area contributed by atoms with Crippen molar-refractivity contribution in [1.29, 1.82) is 0 Å². The second-order valence-corrected chi connectivity index (χ2v) is 5.90. The highest BCUT2D eigenvalue weighted by Gasteiger charge is 2.18. The summed E-state index contributed by atoms with van der Waals surface area (Å²) in [7, 11) is 0. The Bertz CT molecular complexity index is 450. The average Bonchev–Trinajstić information content (AvgIpc) is 2.40. The molecule has 4 nitrogen and oxygen atoms in total. The van der Waals surface area contributed by atoms with Crippen LogP contribution >= 0.6 is 23.4 Å². The van der Waals surface area contributed by atoms with Crippen LogP contribution in [-0.4, -0.2) is 28.8 Å². The van der Waals surface area contributed by atoms with Crippen molar-refractivity contribution in [2.45, 2.75) is 37.1 Å². The van der Waals surface area contributed by atoms with Gasteiger partial charge in [0.15, 0.2) is 0 Å². The van der Waals surface area contributed by atoms with Gasteiger partial charge in [-0.15, -0.1) is 11.8 Å². The number of halogens is 1. The summed E-state index contributed by atoms with van der Waals surface area (Å²) in [5, 5.41) is 12.2. The van der Waals surface area contributed by atoms with Gasteiger partial charge < -0.3 is 10.4 Å². The van der Waals surface area contributed by atoms with Crippen LogP contribution in [0.4, 0.5) is 0 Å². The molecule has 1 aromatic carbocycles. The molecule has 0 saturated heterocycles. The summed E-state index contributed by atoms with van der Waals surface area (Å²) in [5.41, 5.74) is 0. The fourth-order valence-corrected chi connectivity index (χ4v) is 2.58. The van der Waals surface area contributed by atoms with E-state index in [0.29, 0.717) is 23.6 Å². The number of thioether (sulfide) groups is 1. The maximum absolute atomic E-state index is 11.7. The van der Waals surface area contributed by atoms with E-state index in [2.05, 4.69) is 5.32 Å². The Hall–Kier alpha value is -1.20. The van der Waals surface area contributed by atoms with Crippen molar-refractivity contribution in [3.05, 3.63) is 29.3 Å². The van der Waals surface area contributed by atoms with Crippen LogP contribution in [0.1, 0.15) is 26.2 Å². The maximum Gasteiger partial charge on any atom is 0.326 e. The molecule has 1 aromatic rings. The summed E-state index contributed by atoms with van der Waals surface area (Å²) in [6.45, 7) is 1.89. The van der Waals surface area contributed by atoms with Crippen molar-refractivity contribution in [2.75, 3.05) is 5.75 Å². The molecule has 0 aliphatic rings. The number of aliphatic carboxylic acids is 1. The molecule has 1 atom stereocenters. The van der Waals surface area contributed by atoms with Gasteiger partial charge in [-0.2, -0.15) is 0 Å². The van der Waals surface area contributed by atoms with Crippen LogP contribution in [0, 0.1) is 0 Å². The normalized spacial score (nSPS) is 11.9. The van der Waals surface area contributed by atoms with Crippen molar-refractivity contribution in [2.24, 2.45) is 0 Å². The molecule has 0 spiro atoms. The van der Waals surface area contributed by atoms with Gasteiger partial charge in [0.1, 0.15) is 6.04 Å². The average molecular weight is 316 g/mol. The molecule has 110 valence electrons. The van der Waals surface area contributed by atoms with Crippen LogP contribution in [0.15, 0.2) is 29.2 Å². The number of nitrogens with one attached hydrogen (secondary N) is 1. The van der Waals surface area contributed by atoms with Crippen molar-refractivity contribution >= 4 is 35.2 Å². The second kappa shape index (κ2) is 8.87. The third-order valence-corrected chi connectivity index (χ3v) is 3.89. The standard InChI is InChI=1S/C14H18ClNO3S/c1-2-3-12(14(18)19)16-13(17)8-9-20-11-6-4-10(15)5-7-11/h4-7,12H,2-3,8-9H2,1H3,(H,16,17)(H,18,19). The summed E-state index contributed by atoms with van der Waals surface area (Å²) in [4.78, 5) is 23.6. The van der Waals surface area contributed by atoms with Gasteiger partial charge in [0.25, 0.3) is 0 Å². The van der Waals surface area contributed by atoms with Crippen LogP contribution in [0.25, 0.3) is 0 Å². The van der Waals surface area contributed by atoms with Gasteiger partial charge in [-0.05, 0) is 30.7 Å². The number of carbonyl (C=O) groups is 2. The summed E-state index contributed by atoms with van der Waals surface area (Å²) < 4.78 is 0. The number of benzene rings is 1. The van der Waals surface area contributed by atoms with Crippen LogP contribution in [0.2, 0.25) is 5.02 Å². The molecule has 0 saturated carbocycles. The zero-order valence-electron chi connectivity index (χ0n) is 11.3. The quantitative estimate of drug-likeness (QED) is 0.723. The molecule has 0 aliphatic heterocycles. The number of hydrogen-bond donors (Lipinski definition) is 2. The zero-order chi connectivity index (χ0) is 15.0. The van der Waals surface area contributed by atoms with E-state index in [0.717, 1.165) is 11.3 Å². The van der Waals surface area contributed by atoms with Crippen LogP contribution in [0.3, 0.4) is 0 Å². The van der Waals surface area contributed by atoms with Gasteiger partial charge in [0.05, 0.1) is 0 Å². The first-order valence-electron chi connectivity index (χ1n) is 6.43. The fourth-order valence-electron chi connectivity index (χ4n) is 1.60. The van der Waals surface area contributed by atoms with E-state index < -0.39 is 12.0 Å². The monoisotopic (exact) mass is 315 g/mol. The first-order valence-corrected chi connectivity index (χ1v) is 7.79. The van der Waals surface area contributed by atoms with E-state index in [1.165, 1.54) is 11.8 Å². The number of amides is 1. The van der Waals surface area contributed by atoms with Gasteiger partial charge in [-0.25, -0.2) is 4.79 Å². The minimum atomic E-state index is -0.981. The molecule has 1 amide bonds. The summed E-state index contributed by atoms with van der Waals surface area (Å²) >= 11 is 7.32. The molecule has 1 rings (SSSR count). The van der Waals surface area contributed by atoms with Gasteiger partial charge in [0.2, 0.25) is 5.91 Å². The van der Waals surface area contributed by atoms with Crippen LogP contribution < -0.4 is 5.32 Å². The second-order valence-electron chi connectivity index (χ2n) is 4.30. The third-order valence-electron chi connectivity index (χ3n) is 2.62. The Kier molecular flexibility index (Phi) is 7.47. The highest BCUT2D eigenvalue weighted by Crippen LogP contribution is 2.20. The first-order chi connectivity index (χ1) is 9.52. The highest BCUT2D eigenvalue weighted by atomic mass is 35.5. The lowest BCUT2D eigenvalue weighted by atomic mass is 10.1. The summed E-state index contributed by atoms with van der Waals surface area (Å²) in [6, 6.07) is 6.59. The van der Waals surface area contributed by atoms with Gasteiger partial charge >= 0.3 is 5.97 Å². The lowest BCUT2D eigenvalue weighted by molar-refractivity contribution is -0.142. The first kappa shape index (κ1) is 16.9. The van der Waals surface area contributed by atoms with E-state index in [1.54, 1.807) is 12.1 Å². The predicted octanol–water partition coefficient (Wildman–Crippen LogP) is 3.19. The van der Waals surface area contributed by atoms with Gasteiger partial charge in [-0.3, -0.25) is 4.79 Å². The molecule has 0 fully saturated rings. The Morgan fingerprint density at radius 3 is 2.55 bits per heavy atom. The van der Waals surface area contributed by atoms with Crippen molar-refractivity contribution < 1.29 is 14.7 Å². The maximum atomic E-state index is 11.7. The van der Waals surface area contributed by atoms with Gasteiger partial charge in [-0.1, -0.05) is 24.9 Å². The summed E-state index contributed by atoms with van der Waals surface area (Å²) in [5.74, 6) is -0.607. The molecule has 6 heteroatoms. The van der Waals surface area contributed by atoms with E-state index in [4.69, 9.17) is 16.7 Å². The third kappa shape index (κ3) is 6.30. The Morgan fingerprint density at radius 1 is 1.35 bits per heavy atom. The Balaban J connectivity index is 2.32. The molecule has 0 heterocycles. The Morgan fingerprint density at radius 2 is 2.00 bits per heavy atom. The number of rotatable bonds is 8. The number of carboxylic acids is 1. The predicted molar refractivity (Wildman–Crippen MR) is 81.3 cm³/mol. The van der Waals surface area contributed by atoms with Crippen LogP contribution in [0.5, 0.6) is 0 Å². The molecular weight excluding hydrogens is 298 g/mol. The van der Waals surface area contributed by atoms with Gasteiger partial charge in [0, 0.05) is 22.1 Å². The lowest BCUT2D eigenvalue weighted by Crippen LogP contribution is -2.40. The van der Waals surface area contributed by atoms with Crippen molar-refractivity contribution in [3.63, 3.8) is 0 Å². The number of carboxylic acid groups (broad SMARTS) is 1. The smallest absolute Gasteiger partial charge is 0.326 e. The van der Waals surface area contributed by atoms with E-state index in [1.807, 2.05) is 19.1 Å². The largest absolute Gasteiger partial charge is 0.480 e. The van der Waals surface area contributed by atoms with Crippen molar-refractivity contribution in [3.8, 4) is 0 Å². The molecule has 0 radical (unpaired) electrons. The molecule has 2 N–H and O–H groups in total. The molecule has 1 unspecified atom stereocenters. The minimum absolute atomic E-state index is 0.229. The zero-order valence-corrected chi connectivity index (χ0v) is 12.8. The van der Waals surface area contributed by atoms with E-state index in [9.17, 15) is 9.59 Å². The number of hydrogen-bond acceptors (Lipinski definition) is 3. The molecule has 0 aromatic heterocycles. The fraction of sp³-hybridized carbons (Fsp3) is 0.429. The molecular formula is C14H18ClNO3S. The van der Waals surface area contributed by atoms with Crippen molar-refractivity contribution in [1.82, 2.24) is 5.32 Å². The van der Waals surface area contributed by atoms with Crippen LogP contribution in [-0.2, 0) is 9.59 Å². The molecule has 20 heavy (non-hydrogen) atoms. The SMILES string of the molecule is CCCC(NC(=O)CCSc1ccc(Cl)cc1)C(=O)O. The van der Waals surface area contributed by atoms with E-state index >= 15 is 0 Å². The van der Waals surface area contributed by atoms with E-state index in [-0.39, 0.29) is 5.91 Å². The lowest BCUT2D eigenvalue weighted by Gasteiger charge is -2.13.